The molecule has 0 amide bonds. The molecule has 1 aromatic heterocycles. The first-order chi connectivity index (χ1) is 8.33. The summed E-state index contributed by atoms with van der Waals surface area (Å²) in [5, 5.41) is 13.8. The molecule has 92 valence electrons. The van der Waals surface area contributed by atoms with Crippen LogP contribution < -0.4 is 0 Å². The van der Waals surface area contributed by atoms with E-state index in [2.05, 4.69) is 20.2 Å². The molecule has 1 fully saturated rings. The molecule has 3 rings (SSSR count). The summed E-state index contributed by atoms with van der Waals surface area (Å²) in [4.78, 5) is 2.32. The van der Waals surface area contributed by atoms with Gasteiger partial charge in [-0.1, -0.05) is 11.8 Å². The number of thioether (sulfide) groups is 1. The maximum absolute atomic E-state index is 5.33. The summed E-state index contributed by atoms with van der Waals surface area (Å²) in [6.45, 7) is 6.36. The first-order valence-electron chi connectivity index (χ1n) is 5.74. The lowest BCUT2D eigenvalue weighted by atomic mass is 10.4. The topological polar surface area (TPSA) is 55.5 Å². The van der Waals surface area contributed by atoms with E-state index in [-0.39, 0.29) is 0 Å². The highest BCUT2D eigenvalue weighted by Gasteiger charge is 2.19. The van der Waals surface area contributed by atoms with Crippen LogP contribution in [0.1, 0.15) is 12.7 Å². The van der Waals surface area contributed by atoms with Gasteiger partial charge in [-0.3, -0.25) is 4.90 Å². The average molecular weight is 253 g/mol. The lowest BCUT2D eigenvalue weighted by Crippen LogP contribution is -2.36. The Bertz CT molecular complexity index is 438. The molecule has 0 spiro atoms. The second-order valence-electron chi connectivity index (χ2n) is 4.22. The van der Waals surface area contributed by atoms with Crippen LogP contribution >= 0.6 is 11.8 Å². The maximum atomic E-state index is 5.33. The van der Waals surface area contributed by atoms with Crippen molar-refractivity contribution in [2.75, 3.05) is 32.1 Å². The van der Waals surface area contributed by atoms with Gasteiger partial charge in [0.2, 0.25) is 5.16 Å². The number of ether oxygens (including phenoxy) is 1. The molecule has 17 heavy (non-hydrogen) atoms. The first kappa shape index (κ1) is 11.2. The van der Waals surface area contributed by atoms with Crippen LogP contribution in [0.5, 0.6) is 0 Å². The van der Waals surface area contributed by atoms with E-state index in [1.165, 1.54) is 0 Å². The summed E-state index contributed by atoms with van der Waals surface area (Å²) in [6, 6.07) is 0. The number of fused-ring (bicyclic) bond motifs is 1. The van der Waals surface area contributed by atoms with Gasteiger partial charge in [0, 0.05) is 24.6 Å². The summed E-state index contributed by atoms with van der Waals surface area (Å²) in [6.07, 6.45) is 0. The minimum atomic E-state index is 0.799. The Morgan fingerprint density at radius 1 is 1.29 bits per heavy atom. The summed E-state index contributed by atoms with van der Waals surface area (Å²) in [5.74, 6) is 1.84. The molecule has 0 saturated carbocycles. The fraction of sp³-hybridized carbons (Fsp3) is 0.700. The van der Waals surface area contributed by atoms with Crippen LogP contribution in [0.2, 0.25) is 0 Å². The molecule has 1 saturated heterocycles. The number of rotatable bonds is 2. The average Bonchev–Trinajstić information content (AvgIpc) is 2.73. The van der Waals surface area contributed by atoms with Crippen molar-refractivity contribution >= 4 is 17.5 Å². The highest BCUT2D eigenvalue weighted by atomic mass is 32.2. The predicted octanol–water partition coefficient (Wildman–Crippen LogP) is 0.440. The molecule has 2 aliphatic heterocycles. The van der Waals surface area contributed by atoms with Gasteiger partial charge in [-0.25, -0.2) is 0 Å². The first-order valence-corrected chi connectivity index (χ1v) is 6.73. The normalized spacial score (nSPS) is 21.1. The van der Waals surface area contributed by atoms with Gasteiger partial charge in [0.25, 0.3) is 0 Å². The molecule has 0 aromatic carbocycles. The van der Waals surface area contributed by atoms with E-state index in [0.29, 0.717) is 0 Å². The standard InChI is InChI=1S/C10H15N5OS/c1-8-7-17-10-12-11-9(15(10)13-8)6-14-2-4-16-5-3-14/h2-7H2,1H3. The Kier molecular flexibility index (Phi) is 3.13. The van der Waals surface area contributed by atoms with Gasteiger partial charge in [-0.2, -0.15) is 9.78 Å². The molecule has 6 nitrogen and oxygen atoms in total. The van der Waals surface area contributed by atoms with Gasteiger partial charge >= 0.3 is 0 Å². The Balaban J connectivity index is 1.78. The Morgan fingerprint density at radius 2 is 2.12 bits per heavy atom. The molecule has 0 N–H and O–H groups in total. The van der Waals surface area contributed by atoms with Crippen molar-refractivity contribution in [3.8, 4) is 0 Å². The van der Waals surface area contributed by atoms with Gasteiger partial charge in [0.15, 0.2) is 5.82 Å². The highest BCUT2D eigenvalue weighted by Crippen LogP contribution is 2.22. The maximum Gasteiger partial charge on any atom is 0.212 e. The number of hydrogen-bond donors (Lipinski definition) is 0. The molecule has 7 heteroatoms. The third kappa shape index (κ3) is 2.36. The van der Waals surface area contributed by atoms with Crippen LogP contribution in [-0.2, 0) is 11.3 Å². The minimum absolute atomic E-state index is 0.799. The van der Waals surface area contributed by atoms with Crippen molar-refractivity contribution in [2.45, 2.75) is 18.6 Å². The van der Waals surface area contributed by atoms with Crippen LogP contribution in [0.3, 0.4) is 0 Å². The van der Waals surface area contributed by atoms with Crippen molar-refractivity contribution in [1.29, 1.82) is 0 Å². The van der Waals surface area contributed by atoms with Crippen LogP contribution in [0.15, 0.2) is 10.3 Å². The lowest BCUT2D eigenvalue weighted by Gasteiger charge is -2.25. The smallest absolute Gasteiger partial charge is 0.212 e. The van der Waals surface area contributed by atoms with Gasteiger partial charge in [-0.05, 0) is 6.92 Å². The molecule has 0 atom stereocenters. The number of hydrogen-bond acceptors (Lipinski definition) is 6. The van der Waals surface area contributed by atoms with Crippen LogP contribution in [-0.4, -0.2) is 57.5 Å². The molecule has 3 heterocycles. The number of nitrogens with zero attached hydrogens (tertiary/aromatic N) is 5. The van der Waals surface area contributed by atoms with Gasteiger partial charge < -0.3 is 4.74 Å². The lowest BCUT2D eigenvalue weighted by molar-refractivity contribution is 0.0325. The van der Waals surface area contributed by atoms with E-state index >= 15 is 0 Å². The van der Waals surface area contributed by atoms with Crippen molar-refractivity contribution in [3.05, 3.63) is 5.82 Å². The fourth-order valence-electron chi connectivity index (χ4n) is 1.91. The van der Waals surface area contributed by atoms with Crippen molar-refractivity contribution in [1.82, 2.24) is 19.8 Å². The van der Waals surface area contributed by atoms with Crippen molar-refractivity contribution in [2.24, 2.45) is 5.10 Å². The van der Waals surface area contributed by atoms with Gasteiger partial charge in [0.1, 0.15) is 0 Å². The van der Waals surface area contributed by atoms with E-state index in [4.69, 9.17) is 4.74 Å². The summed E-state index contributed by atoms with van der Waals surface area (Å²) in [5.41, 5.74) is 1.12. The quantitative estimate of drug-likeness (QED) is 0.765. The zero-order valence-corrected chi connectivity index (χ0v) is 10.6. The Morgan fingerprint density at radius 3 is 2.94 bits per heavy atom. The Hall–Kier alpha value is -0.920. The molecular weight excluding hydrogens is 238 g/mol. The molecule has 1 aromatic rings. The van der Waals surface area contributed by atoms with Crippen LogP contribution in [0.4, 0.5) is 0 Å². The largest absolute Gasteiger partial charge is 0.379 e. The SMILES string of the molecule is CC1=Nn2c(CN3CCOCC3)nnc2SC1. The van der Waals surface area contributed by atoms with Crippen molar-refractivity contribution < 1.29 is 4.74 Å². The van der Waals surface area contributed by atoms with Gasteiger partial charge in [0.05, 0.1) is 19.8 Å². The van der Waals surface area contributed by atoms with E-state index in [1.807, 2.05) is 11.6 Å². The van der Waals surface area contributed by atoms with E-state index < -0.39 is 0 Å². The van der Waals surface area contributed by atoms with E-state index in [1.54, 1.807) is 11.8 Å². The number of morpholine rings is 1. The molecule has 0 aliphatic carbocycles. The predicted molar refractivity (Wildman–Crippen MR) is 65.3 cm³/mol. The number of aromatic nitrogens is 3. The molecule has 0 bridgehead atoms. The second kappa shape index (κ2) is 4.75. The monoisotopic (exact) mass is 253 g/mol. The minimum Gasteiger partial charge on any atom is -0.379 e. The van der Waals surface area contributed by atoms with Gasteiger partial charge in [-0.15, -0.1) is 10.2 Å². The molecular formula is C10H15N5OS. The third-order valence-corrected chi connectivity index (χ3v) is 3.90. The summed E-state index contributed by atoms with van der Waals surface area (Å²) >= 11 is 1.70. The van der Waals surface area contributed by atoms with E-state index in [9.17, 15) is 0 Å². The van der Waals surface area contributed by atoms with Crippen molar-refractivity contribution in [3.63, 3.8) is 0 Å². The molecule has 0 radical (unpaired) electrons. The zero-order valence-electron chi connectivity index (χ0n) is 9.80. The summed E-state index contributed by atoms with van der Waals surface area (Å²) in [7, 11) is 0. The highest BCUT2D eigenvalue weighted by molar-refractivity contribution is 7.99. The van der Waals surface area contributed by atoms with Crippen LogP contribution in [0, 0.1) is 0 Å². The summed E-state index contributed by atoms with van der Waals surface area (Å²) < 4.78 is 7.21. The molecule has 2 aliphatic rings. The van der Waals surface area contributed by atoms with E-state index in [0.717, 1.165) is 55.3 Å². The Labute approximate surface area is 104 Å². The molecule has 0 unspecified atom stereocenters. The van der Waals surface area contributed by atoms with Crippen LogP contribution in [0.25, 0.3) is 0 Å². The second-order valence-corrected chi connectivity index (χ2v) is 5.17. The zero-order chi connectivity index (χ0) is 11.7. The fourth-order valence-corrected chi connectivity index (χ4v) is 2.68. The third-order valence-electron chi connectivity index (χ3n) is 2.83.